The molecule has 0 fully saturated rings. The summed E-state index contributed by atoms with van der Waals surface area (Å²) in [6, 6.07) is 0. The summed E-state index contributed by atoms with van der Waals surface area (Å²) in [5.41, 5.74) is 1.10. The zero-order valence-electron chi connectivity index (χ0n) is 11.8. The maximum atomic E-state index is 4.51. The van der Waals surface area contributed by atoms with Gasteiger partial charge in [0.1, 0.15) is 0 Å². The highest BCUT2D eigenvalue weighted by molar-refractivity contribution is 5.28. The number of hydrogen-bond acceptors (Lipinski definition) is 2. The number of rotatable bonds is 8. The third-order valence-electron chi connectivity index (χ3n) is 2.86. The fraction of sp³-hybridized carbons (Fsp3) is 0.786. The van der Waals surface area contributed by atoms with Crippen LogP contribution in [0.5, 0.6) is 0 Å². The van der Waals surface area contributed by atoms with Gasteiger partial charge in [-0.25, -0.2) is 4.98 Å². The van der Waals surface area contributed by atoms with Gasteiger partial charge in [-0.15, -0.1) is 0 Å². The Bertz CT molecular complexity index is 315. The van der Waals surface area contributed by atoms with Crippen molar-refractivity contribution >= 4 is 5.95 Å². The summed E-state index contributed by atoms with van der Waals surface area (Å²) in [7, 11) is 0. The molecule has 1 aromatic heterocycles. The topological polar surface area (TPSA) is 29.9 Å². The van der Waals surface area contributed by atoms with Gasteiger partial charge in [-0.3, -0.25) is 0 Å². The third-order valence-corrected chi connectivity index (χ3v) is 2.86. The Morgan fingerprint density at radius 1 is 1.35 bits per heavy atom. The maximum Gasteiger partial charge on any atom is 0.203 e. The van der Waals surface area contributed by atoms with Crippen molar-refractivity contribution in [3.8, 4) is 0 Å². The highest BCUT2D eigenvalue weighted by atomic mass is 15.2. The summed E-state index contributed by atoms with van der Waals surface area (Å²) in [5.74, 6) is 1.85. The van der Waals surface area contributed by atoms with Gasteiger partial charge >= 0.3 is 0 Å². The molecular formula is C14H27N3. The van der Waals surface area contributed by atoms with Crippen molar-refractivity contribution in [3.63, 3.8) is 0 Å². The van der Waals surface area contributed by atoms with Crippen LogP contribution in [0.3, 0.4) is 0 Å². The lowest BCUT2D eigenvalue weighted by molar-refractivity contribution is 0.510. The summed E-state index contributed by atoms with van der Waals surface area (Å²) in [6.45, 7) is 10.9. The van der Waals surface area contributed by atoms with E-state index < -0.39 is 0 Å². The summed E-state index contributed by atoms with van der Waals surface area (Å²) < 4.78 is 2.26. The first kappa shape index (κ1) is 14.1. The third kappa shape index (κ3) is 5.24. The Morgan fingerprint density at radius 2 is 2.12 bits per heavy atom. The quantitative estimate of drug-likeness (QED) is 0.696. The van der Waals surface area contributed by atoms with E-state index in [1.54, 1.807) is 0 Å². The SMILES string of the molecule is CCCNc1nc(C)cn1CCCCC(C)C. The fourth-order valence-electron chi connectivity index (χ4n) is 1.93. The minimum absolute atomic E-state index is 0.817. The van der Waals surface area contributed by atoms with E-state index in [0.29, 0.717) is 0 Å². The average Bonchev–Trinajstić information content (AvgIpc) is 2.62. The smallest absolute Gasteiger partial charge is 0.203 e. The molecule has 0 aromatic carbocycles. The predicted octanol–water partition coefficient (Wildman–Crippen LogP) is 3.84. The molecule has 1 rings (SSSR count). The van der Waals surface area contributed by atoms with Crippen LogP contribution in [0.25, 0.3) is 0 Å². The molecule has 0 aliphatic rings. The molecule has 0 saturated carbocycles. The zero-order valence-corrected chi connectivity index (χ0v) is 11.8. The molecule has 98 valence electrons. The van der Waals surface area contributed by atoms with Crippen molar-refractivity contribution in [1.29, 1.82) is 0 Å². The molecule has 0 aliphatic heterocycles. The van der Waals surface area contributed by atoms with E-state index in [0.717, 1.165) is 37.1 Å². The molecule has 3 nitrogen and oxygen atoms in total. The van der Waals surface area contributed by atoms with Gasteiger partial charge in [0, 0.05) is 19.3 Å². The zero-order chi connectivity index (χ0) is 12.7. The lowest BCUT2D eigenvalue weighted by atomic mass is 10.1. The lowest BCUT2D eigenvalue weighted by Gasteiger charge is -2.09. The van der Waals surface area contributed by atoms with E-state index in [2.05, 4.69) is 48.8 Å². The molecule has 0 spiro atoms. The molecule has 17 heavy (non-hydrogen) atoms. The normalized spacial score (nSPS) is 11.1. The first-order chi connectivity index (χ1) is 8.13. The van der Waals surface area contributed by atoms with Gasteiger partial charge in [-0.1, -0.05) is 33.6 Å². The van der Waals surface area contributed by atoms with E-state index >= 15 is 0 Å². The van der Waals surface area contributed by atoms with E-state index in [1.807, 2.05) is 0 Å². The van der Waals surface area contributed by atoms with E-state index in [4.69, 9.17) is 0 Å². The molecule has 0 aliphatic carbocycles. The molecular weight excluding hydrogens is 210 g/mol. The highest BCUT2D eigenvalue weighted by Crippen LogP contribution is 2.12. The number of nitrogens with one attached hydrogen (secondary N) is 1. The number of nitrogens with zero attached hydrogens (tertiary/aromatic N) is 2. The van der Waals surface area contributed by atoms with Gasteiger partial charge in [0.25, 0.3) is 0 Å². The van der Waals surface area contributed by atoms with Crippen LogP contribution in [0.4, 0.5) is 5.95 Å². The largest absolute Gasteiger partial charge is 0.356 e. The molecule has 0 atom stereocenters. The van der Waals surface area contributed by atoms with Gasteiger partial charge in [0.15, 0.2) is 0 Å². The Kier molecular flexibility index (Phi) is 6.09. The molecule has 0 unspecified atom stereocenters. The van der Waals surface area contributed by atoms with E-state index in [-0.39, 0.29) is 0 Å². The fourth-order valence-corrected chi connectivity index (χ4v) is 1.93. The molecule has 0 saturated heterocycles. The van der Waals surface area contributed by atoms with Gasteiger partial charge in [-0.05, 0) is 25.7 Å². The van der Waals surface area contributed by atoms with Crippen LogP contribution in [0.2, 0.25) is 0 Å². The molecule has 1 aromatic rings. The minimum Gasteiger partial charge on any atom is -0.356 e. The Balaban J connectivity index is 2.40. The second-order valence-electron chi connectivity index (χ2n) is 5.22. The molecule has 1 N–H and O–H groups in total. The van der Waals surface area contributed by atoms with Crippen LogP contribution in [-0.4, -0.2) is 16.1 Å². The van der Waals surface area contributed by atoms with E-state index in [9.17, 15) is 0 Å². The standard InChI is InChI=1S/C14H27N3/c1-5-9-15-14-16-13(4)11-17(14)10-7-6-8-12(2)3/h11-12H,5-10H2,1-4H3,(H,15,16). The molecule has 1 heterocycles. The number of aryl methyl sites for hydroxylation is 2. The van der Waals surface area contributed by atoms with Gasteiger partial charge < -0.3 is 9.88 Å². The van der Waals surface area contributed by atoms with Crippen LogP contribution in [0, 0.1) is 12.8 Å². The van der Waals surface area contributed by atoms with Crippen LogP contribution >= 0.6 is 0 Å². The minimum atomic E-state index is 0.817. The van der Waals surface area contributed by atoms with Crippen molar-refractivity contribution in [3.05, 3.63) is 11.9 Å². The Hall–Kier alpha value is -0.990. The Labute approximate surface area is 106 Å². The number of anilines is 1. The second-order valence-corrected chi connectivity index (χ2v) is 5.22. The highest BCUT2D eigenvalue weighted by Gasteiger charge is 2.04. The van der Waals surface area contributed by atoms with Gasteiger partial charge in [0.05, 0.1) is 5.69 Å². The first-order valence-corrected chi connectivity index (χ1v) is 6.91. The van der Waals surface area contributed by atoms with Gasteiger partial charge in [-0.2, -0.15) is 0 Å². The number of aromatic nitrogens is 2. The lowest BCUT2D eigenvalue weighted by Crippen LogP contribution is -2.08. The Morgan fingerprint density at radius 3 is 2.76 bits per heavy atom. The van der Waals surface area contributed by atoms with Crippen LogP contribution < -0.4 is 5.32 Å². The van der Waals surface area contributed by atoms with Gasteiger partial charge in [0.2, 0.25) is 5.95 Å². The summed E-state index contributed by atoms with van der Waals surface area (Å²) in [4.78, 5) is 4.51. The monoisotopic (exact) mass is 237 g/mol. The van der Waals surface area contributed by atoms with Crippen molar-refractivity contribution in [2.24, 2.45) is 5.92 Å². The van der Waals surface area contributed by atoms with Crippen LogP contribution in [0.15, 0.2) is 6.20 Å². The summed E-state index contributed by atoms with van der Waals surface area (Å²) in [6.07, 6.45) is 7.16. The maximum absolute atomic E-state index is 4.51. The van der Waals surface area contributed by atoms with E-state index in [1.165, 1.54) is 19.3 Å². The van der Waals surface area contributed by atoms with Crippen molar-refractivity contribution < 1.29 is 0 Å². The predicted molar refractivity (Wildman–Crippen MR) is 74.4 cm³/mol. The summed E-state index contributed by atoms with van der Waals surface area (Å²) in [5, 5.41) is 3.39. The molecule has 3 heteroatoms. The second kappa shape index (κ2) is 7.36. The number of imidazole rings is 1. The molecule has 0 bridgehead atoms. The summed E-state index contributed by atoms with van der Waals surface area (Å²) >= 11 is 0. The average molecular weight is 237 g/mol. The van der Waals surface area contributed by atoms with Crippen LogP contribution in [-0.2, 0) is 6.54 Å². The molecule has 0 amide bonds. The first-order valence-electron chi connectivity index (χ1n) is 6.91. The van der Waals surface area contributed by atoms with Crippen molar-refractivity contribution in [2.75, 3.05) is 11.9 Å². The molecule has 0 radical (unpaired) electrons. The number of unbranched alkanes of at least 4 members (excludes halogenated alkanes) is 1. The number of hydrogen-bond donors (Lipinski definition) is 1. The van der Waals surface area contributed by atoms with Crippen molar-refractivity contribution in [1.82, 2.24) is 9.55 Å². The van der Waals surface area contributed by atoms with Crippen LogP contribution in [0.1, 0.15) is 52.1 Å². The van der Waals surface area contributed by atoms with Crippen molar-refractivity contribution in [2.45, 2.75) is 59.9 Å².